The molecule has 0 aliphatic carbocycles. The van der Waals surface area contributed by atoms with Gasteiger partial charge in [-0.15, -0.1) is 0 Å². The first-order valence-electron chi connectivity index (χ1n) is 5.48. The van der Waals surface area contributed by atoms with Crippen molar-refractivity contribution in [3.05, 3.63) is 59.9 Å². The van der Waals surface area contributed by atoms with Crippen molar-refractivity contribution < 1.29 is 14.3 Å². The average Bonchev–Trinajstić information content (AvgIpc) is 2.34. The predicted octanol–water partition coefficient (Wildman–Crippen LogP) is 3.20. The van der Waals surface area contributed by atoms with Gasteiger partial charge in [-0.3, -0.25) is 4.79 Å². The first kappa shape index (κ1) is 12.1. The largest absolute Gasteiger partial charge is 0.481 e. The van der Waals surface area contributed by atoms with E-state index < -0.39 is 11.8 Å². The smallest absolute Gasteiger partial charge is 0.308 e. The molecule has 2 rings (SSSR count). The van der Waals surface area contributed by atoms with Gasteiger partial charge in [-0.25, -0.2) is 4.39 Å². The van der Waals surface area contributed by atoms with Crippen LogP contribution in [0.3, 0.4) is 0 Å². The normalized spacial score (nSPS) is 10.1. The number of hydrogen-bond donors (Lipinski definition) is 2. The van der Waals surface area contributed by atoms with Crippen LogP contribution < -0.4 is 5.32 Å². The number of para-hydroxylation sites is 1. The Morgan fingerprint density at radius 1 is 1.11 bits per heavy atom. The summed E-state index contributed by atoms with van der Waals surface area (Å²) >= 11 is 0. The van der Waals surface area contributed by atoms with Crippen LogP contribution >= 0.6 is 0 Å². The van der Waals surface area contributed by atoms with Crippen molar-refractivity contribution in [1.29, 1.82) is 0 Å². The van der Waals surface area contributed by atoms with Gasteiger partial charge < -0.3 is 10.4 Å². The molecule has 2 aromatic carbocycles. The molecule has 3 nitrogen and oxygen atoms in total. The molecule has 2 N–H and O–H groups in total. The van der Waals surface area contributed by atoms with Crippen molar-refractivity contribution in [3.8, 4) is 0 Å². The molecular weight excluding hydrogens is 233 g/mol. The molecule has 0 unspecified atom stereocenters. The highest BCUT2D eigenvalue weighted by Gasteiger charge is 2.12. The van der Waals surface area contributed by atoms with E-state index in [2.05, 4.69) is 5.32 Å². The number of hydrogen-bond acceptors (Lipinski definition) is 2. The maximum absolute atomic E-state index is 13.6. The SMILES string of the molecule is O=C(O)Cc1c(F)cccc1Nc1ccccc1. The third-order valence-corrected chi connectivity index (χ3v) is 2.50. The monoisotopic (exact) mass is 245 g/mol. The number of aliphatic carboxylic acids is 1. The van der Waals surface area contributed by atoms with Crippen LogP contribution in [0.4, 0.5) is 15.8 Å². The summed E-state index contributed by atoms with van der Waals surface area (Å²) in [4.78, 5) is 10.7. The Morgan fingerprint density at radius 2 is 1.83 bits per heavy atom. The lowest BCUT2D eigenvalue weighted by atomic mass is 10.1. The van der Waals surface area contributed by atoms with Gasteiger partial charge in [0.15, 0.2) is 0 Å². The fraction of sp³-hybridized carbons (Fsp3) is 0.0714. The number of nitrogens with one attached hydrogen (secondary N) is 1. The van der Waals surface area contributed by atoms with E-state index in [0.717, 1.165) is 5.69 Å². The topological polar surface area (TPSA) is 49.3 Å². The molecule has 0 aliphatic rings. The van der Waals surface area contributed by atoms with Crippen molar-refractivity contribution in [2.24, 2.45) is 0 Å². The molecule has 0 saturated heterocycles. The second kappa shape index (κ2) is 5.31. The van der Waals surface area contributed by atoms with Gasteiger partial charge in [0, 0.05) is 16.9 Å². The van der Waals surface area contributed by atoms with E-state index in [-0.39, 0.29) is 12.0 Å². The summed E-state index contributed by atoms with van der Waals surface area (Å²) in [5.41, 5.74) is 1.42. The number of anilines is 2. The summed E-state index contributed by atoms with van der Waals surface area (Å²) in [6, 6.07) is 13.7. The molecule has 0 spiro atoms. The lowest BCUT2D eigenvalue weighted by Crippen LogP contribution is -2.06. The van der Waals surface area contributed by atoms with Crippen molar-refractivity contribution >= 4 is 17.3 Å². The molecule has 4 heteroatoms. The molecule has 0 amide bonds. The second-order valence-corrected chi connectivity index (χ2v) is 3.83. The van der Waals surface area contributed by atoms with Crippen LogP contribution in [0, 0.1) is 5.82 Å². The van der Waals surface area contributed by atoms with Crippen LogP contribution in [0.5, 0.6) is 0 Å². The summed E-state index contributed by atoms with van der Waals surface area (Å²) in [7, 11) is 0. The Labute approximate surface area is 104 Å². The van der Waals surface area contributed by atoms with Crippen LogP contribution in [0.25, 0.3) is 0 Å². The number of rotatable bonds is 4. The second-order valence-electron chi connectivity index (χ2n) is 3.83. The van der Waals surface area contributed by atoms with Gasteiger partial charge in [0.2, 0.25) is 0 Å². The van der Waals surface area contributed by atoms with Gasteiger partial charge in [0.05, 0.1) is 6.42 Å². The zero-order valence-corrected chi connectivity index (χ0v) is 9.56. The standard InChI is InChI=1S/C14H12FNO2/c15-12-7-4-8-13(11(12)9-14(17)18)16-10-5-2-1-3-6-10/h1-8,16H,9H2,(H,17,18). The molecule has 0 aromatic heterocycles. The lowest BCUT2D eigenvalue weighted by Gasteiger charge is -2.11. The number of carboxylic acids is 1. The maximum Gasteiger partial charge on any atom is 0.308 e. The predicted molar refractivity (Wildman–Crippen MR) is 67.5 cm³/mol. The van der Waals surface area contributed by atoms with Crippen molar-refractivity contribution in [3.63, 3.8) is 0 Å². The average molecular weight is 245 g/mol. The molecule has 0 bridgehead atoms. The van der Waals surface area contributed by atoms with Gasteiger partial charge in [0.1, 0.15) is 5.82 Å². The van der Waals surface area contributed by atoms with E-state index in [1.807, 2.05) is 30.3 Å². The minimum absolute atomic E-state index is 0.161. The molecule has 0 radical (unpaired) electrons. The highest BCUT2D eigenvalue weighted by atomic mass is 19.1. The van der Waals surface area contributed by atoms with E-state index in [1.165, 1.54) is 6.07 Å². The van der Waals surface area contributed by atoms with Crippen LogP contribution in [-0.4, -0.2) is 11.1 Å². The van der Waals surface area contributed by atoms with Crippen LogP contribution in [0.1, 0.15) is 5.56 Å². The number of halogens is 1. The molecule has 0 heterocycles. The van der Waals surface area contributed by atoms with Gasteiger partial charge >= 0.3 is 5.97 Å². The zero-order valence-electron chi connectivity index (χ0n) is 9.56. The maximum atomic E-state index is 13.6. The molecule has 92 valence electrons. The van der Waals surface area contributed by atoms with E-state index in [9.17, 15) is 9.18 Å². The lowest BCUT2D eigenvalue weighted by molar-refractivity contribution is -0.136. The molecule has 2 aromatic rings. The summed E-state index contributed by atoms with van der Waals surface area (Å²) in [5.74, 6) is -1.57. The zero-order chi connectivity index (χ0) is 13.0. The summed E-state index contributed by atoms with van der Waals surface area (Å²) < 4.78 is 13.6. The Morgan fingerprint density at radius 3 is 2.50 bits per heavy atom. The third kappa shape index (κ3) is 2.85. The quantitative estimate of drug-likeness (QED) is 0.869. The number of benzene rings is 2. The highest BCUT2D eigenvalue weighted by molar-refractivity contribution is 5.75. The van der Waals surface area contributed by atoms with Crippen LogP contribution in [0.15, 0.2) is 48.5 Å². The summed E-state index contributed by atoms with van der Waals surface area (Å²) in [6.45, 7) is 0. The minimum atomic E-state index is -1.06. The molecule has 0 atom stereocenters. The Bertz CT molecular complexity index is 555. The van der Waals surface area contributed by atoms with Gasteiger partial charge in [-0.1, -0.05) is 24.3 Å². The van der Waals surface area contributed by atoms with Crippen molar-refractivity contribution in [2.45, 2.75) is 6.42 Å². The van der Waals surface area contributed by atoms with Gasteiger partial charge in [-0.2, -0.15) is 0 Å². The molecule has 0 aliphatic heterocycles. The van der Waals surface area contributed by atoms with E-state index in [4.69, 9.17) is 5.11 Å². The summed E-state index contributed by atoms with van der Waals surface area (Å²) in [6.07, 6.45) is -0.345. The first-order valence-corrected chi connectivity index (χ1v) is 5.48. The van der Waals surface area contributed by atoms with Crippen molar-refractivity contribution in [1.82, 2.24) is 0 Å². The van der Waals surface area contributed by atoms with E-state index in [1.54, 1.807) is 12.1 Å². The number of carboxylic acid groups (broad SMARTS) is 1. The van der Waals surface area contributed by atoms with Crippen LogP contribution in [0.2, 0.25) is 0 Å². The fourth-order valence-electron chi connectivity index (χ4n) is 1.68. The van der Waals surface area contributed by atoms with Gasteiger partial charge in [-0.05, 0) is 24.3 Å². The molecule has 18 heavy (non-hydrogen) atoms. The Balaban J connectivity index is 2.32. The first-order chi connectivity index (χ1) is 8.66. The molecule has 0 saturated carbocycles. The van der Waals surface area contributed by atoms with Gasteiger partial charge in [0.25, 0.3) is 0 Å². The Hall–Kier alpha value is -2.36. The number of carbonyl (C=O) groups is 1. The minimum Gasteiger partial charge on any atom is -0.481 e. The molecule has 0 fully saturated rings. The Kier molecular flexibility index (Phi) is 3.57. The third-order valence-electron chi connectivity index (χ3n) is 2.50. The summed E-state index contributed by atoms with van der Waals surface area (Å²) in [5, 5.41) is 11.8. The highest BCUT2D eigenvalue weighted by Crippen LogP contribution is 2.23. The van der Waals surface area contributed by atoms with E-state index in [0.29, 0.717) is 5.69 Å². The fourth-order valence-corrected chi connectivity index (χ4v) is 1.68. The van der Waals surface area contributed by atoms with E-state index >= 15 is 0 Å². The van der Waals surface area contributed by atoms with Crippen molar-refractivity contribution in [2.75, 3.05) is 5.32 Å². The molecular formula is C14H12FNO2. The van der Waals surface area contributed by atoms with Crippen LogP contribution in [-0.2, 0) is 11.2 Å².